The van der Waals surface area contributed by atoms with E-state index in [2.05, 4.69) is 6.92 Å². The van der Waals surface area contributed by atoms with Crippen LogP contribution in [0.4, 0.5) is 0 Å². The summed E-state index contributed by atoms with van der Waals surface area (Å²) in [5, 5.41) is 10.0. The van der Waals surface area contributed by atoms with E-state index in [9.17, 15) is 10.1 Å². The van der Waals surface area contributed by atoms with Crippen LogP contribution < -0.4 is 0 Å². The monoisotopic (exact) mass is 269 g/mol. The number of hydrogen-bond donors (Lipinski definition) is 0. The van der Waals surface area contributed by atoms with Crippen LogP contribution in [0.1, 0.15) is 90.4 Å². The van der Waals surface area contributed by atoms with Gasteiger partial charge in [0.1, 0.15) is 0 Å². The van der Waals surface area contributed by atoms with E-state index in [1.807, 2.05) is 0 Å². The minimum absolute atomic E-state index is 0.388. The molecule has 0 rings (SSSR count). The molecule has 112 valence electrons. The summed E-state index contributed by atoms with van der Waals surface area (Å²) in [6.45, 7) is 2.26. The number of allylic oxidation sites excluding steroid dienone is 1. The van der Waals surface area contributed by atoms with E-state index in [-0.39, 0.29) is 4.92 Å². The van der Waals surface area contributed by atoms with Gasteiger partial charge in [0.2, 0.25) is 6.20 Å². The lowest BCUT2D eigenvalue weighted by atomic mass is 10.0. The van der Waals surface area contributed by atoms with Crippen LogP contribution in [0.5, 0.6) is 0 Å². The van der Waals surface area contributed by atoms with Gasteiger partial charge in [-0.2, -0.15) is 0 Å². The zero-order valence-corrected chi connectivity index (χ0v) is 12.6. The topological polar surface area (TPSA) is 43.1 Å². The van der Waals surface area contributed by atoms with Crippen LogP contribution in [0.3, 0.4) is 0 Å². The average molecular weight is 269 g/mol. The van der Waals surface area contributed by atoms with Crippen molar-refractivity contribution in [1.29, 1.82) is 0 Å². The van der Waals surface area contributed by atoms with E-state index in [0.29, 0.717) is 0 Å². The van der Waals surface area contributed by atoms with Crippen LogP contribution in [0.2, 0.25) is 0 Å². The Morgan fingerprint density at radius 2 is 1.21 bits per heavy atom. The number of nitro groups is 1. The lowest BCUT2D eigenvalue weighted by Gasteiger charge is -2.02. The highest BCUT2D eigenvalue weighted by atomic mass is 16.6. The lowest BCUT2D eigenvalue weighted by Crippen LogP contribution is -1.83. The van der Waals surface area contributed by atoms with Gasteiger partial charge < -0.3 is 0 Å². The van der Waals surface area contributed by atoms with Crippen molar-refractivity contribution in [3.8, 4) is 0 Å². The Balaban J connectivity index is 3.01. The van der Waals surface area contributed by atoms with E-state index in [1.54, 1.807) is 6.08 Å². The molecular formula is C16H31NO2. The van der Waals surface area contributed by atoms with E-state index >= 15 is 0 Å². The predicted octanol–water partition coefficient (Wildman–Crippen LogP) is 5.87. The first kappa shape index (κ1) is 18.1. The van der Waals surface area contributed by atoms with Crippen molar-refractivity contribution in [2.75, 3.05) is 0 Å². The summed E-state index contributed by atoms with van der Waals surface area (Å²) in [6, 6.07) is 0. The molecule has 0 fully saturated rings. The molecule has 0 radical (unpaired) electrons. The van der Waals surface area contributed by atoms with Gasteiger partial charge in [-0.15, -0.1) is 0 Å². The highest BCUT2D eigenvalue weighted by Gasteiger charge is 1.93. The third-order valence-corrected chi connectivity index (χ3v) is 3.45. The van der Waals surface area contributed by atoms with Gasteiger partial charge in [0.25, 0.3) is 0 Å². The van der Waals surface area contributed by atoms with Gasteiger partial charge in [0.15, 0.2) is 0 Å². The minimum Gasteiger partial charge on any atom is -0.259 e. The average Bonchev–Trinajstić information content (AvgIpc) is 2.39. The Hall–Kier alpha value is -0.860. The van der Waals surface area contributed by atoms with Crippen LogP contribution in [-0.4, -0.2) is 4.92 Å². The molecule has 0 aliphatic heterocycles. The van der Waals surface area contributed by atoms with Gasteiger partial charge >= 0.3 is 0 Å². The van der Waals surface area contributed by atoms with Crippen molar-refractivity contribution in [2.45, 2.75) is 90.4 Å². The first-order valence-electron chi connectivity index (χ1n) is 8.07. The van der Waals surface area contributed by atoms with Gasteiger partial charge in [-0.25, -0.2) is 0 Å². The fraction of sp³-hybridized carbons (Fsp3) is 0.875. The molecule has 0 heterocycles. The molecule has 0 N–H and O–H groups in total. The molecule has 0 aromatic carbocycles. The van der Waals surface area contributed by atoms with Gasteiger partial charge in [0, 0.05) is 0 Å². The van der Waals surface area contributed by atoms with Crippen LogP contribution in [0.25, 0.3) is 0 Å². The fourth-order valence-electron chi connectivity index (χ4n) is 2.26. The summed E-state index contributed by atoms with van der Waals surface area (Å²) in [5.74, 6) is 0. The molecule has 0 amide bonds. The molecule has 0 saturated carbocycles. The number of nitrogens with zero attached hydrogens (tertiary/aromatic N) is 1. The highest BCUT2D eigenvalue weighted by molar-refractivity contribution is 4.71. The molecule has 0 saturated heterocycles. The highest BCUT2D eigenvalue weighted by Crippen LogP contribution is 2.12. The summed E-state index contributed by atoms with van der Waals surface area (Å²) in [6.07, 6.45) is 19.6. The lowest BCUT2D eigenvalue weighted by molar-refractivity contribution is -0.402. The van der Waals surface area contributed by atoms with E-state index in [4.69, 9.17) is 0 Å². The zero-order valence-electron chi connectivity index (χ0n) is 12.6. The number of hydrogen-bond acceptors (Lipinski definition) is 2. The molecular weight excluding hydrogens is 238 g/mol. The van der Waals surface area contributed by atoms with E-state index in [0.717, 1.165) is 19.0 Å². The molecule has 0 atom stereocenters. The second kappa shape index (κ2) is 15.2. The predicted molar refractivity (Wildman–Crippen MR) is 81.8 cm³/mol. The van der Waals surface area contributed by atoms with Crippen molar-refractivity contribution in [1.82, 2.24) is 0 Å². The molecule has 0 aromatic heterocycles. The Labute approximate surface area is 118 Å². The summed E-state index contributed by atoms with van der Waals surface area (Å²) in [7, 11) is 0. The Bertz CT molecular complexity index is 227. The molecule has 3 heteroatoms. The molecule has 0 aliphatic rings. The number of unbranched alkanes of at least 4 members (excludes halogenated alkanes) is 12. The third-order valence-electron chi connectivity index (χ3n) is 3.45. The van der Waals surface area contributed by atoms with Crippen LogP contribution >= 0.6 is 0 Å². The smallest absolute Gasteiger partial charge is 0.230 e. The summed E-state index contributed by atoms with van der Waals surface area (Å²) < 4.78 is 0. The second-order valence-corrected chi connectivity index (χ2v) is 5.35. The third kappa shape index (κ3) is 17.1. The number of rotatable bonds is 14. The van der Waals surface area contributed by atoms with Crippen LogP contribution in [0.15, 0.2) is 12.3 Å². The van der Waals surface area contributed by atoms with Crippen molar-refractivity contribution >= 4 is 0 Å². The maximum absolute atomic E-state index is 10.0. The normalized spacial score (nSPS) is 11.2. The summed E-state index contributed by atoms with van der Waals surface area (Å²) in [5.41, 5.74) is 0. The molecule has 0 unspecified atom stereocenters. The van der Waals surface area contributed by atoms with Gasteiger partial charge in [-0.1, -0.05) is 77.6 Å². The Morgan fingerprint density at radius 3 is 1.63 bits per heavy atom. The van der Waals surface area contributed by atoms with Gasteiger partial charge in [0.05, 0.1) is 4.92 Å². The minimum atomic E-state index is -0.388. The zero-order chi connectivity index (χ0) is 14.2. The second-order valence-electron chi connectivity index (χ2n) is 5.35. The van der Waals surface area contributed by atoms with Crippen molar-refractivity contribution in [2.24, 2.45) is 0 Å². The summed E-state index contributed by atoms with van der Waals surface area (Å²) in [4.78, 5) is 9.65. The van der Waals surface area contributed by atoms with Crippen molar-refractivity contribution in [3.63, 3.8) is 0 Å². The summed E-state index contributed by atoms with van der Waals surface area (Å²) >= 11 is 0. The van der Waals surface area contributed by atoms with E-state index in [1.165, 1.54) is 70.6 Å². The van der Waals surface area contributed by atoms with E-state index < -0.39 is 0 Å². The van der Waals surface area contributed by atoms with Gasteiger partial charge in [-0.05, 0) is 18.9 Å². The maximum Gasteiger partial charge on any atom is 0.230 e. The van der Waals surface area contributed by atoms with Crippen molar-refractivity contribution < 1.29 is 4.92 Å². The van der Waals surface area contributed by atoms with Crippen LogP contribution in [-0.2, 0) is 0 Å². The molecule has 3 nitrogen and oxygen atoms in total. The molecule has 0 aliphatic carbocycles. The van der Waals surface area contributed by atoms with Crippen LogP contribution in [0, 0.1) is 10.1 Å². The Kier molecular flexibility index (Phi) is 14.5. The standard InChI is InChI=1S/C16H31NO2/c1-2-3-4-5-6-7-8-9-10-11-12-13-14-15-16-17(18)19/h15-16H,2-14H2,1H3/b16-15+. The fourth-order valence-corrected chi connectivity index (χ4v) is 2.26. The quantitative estimate of drug-likeness (QED) is 0.225. The Morgan fingerprint density at radius 1 is 0.789 bits per heavy atom. The maximum atomic E-state index is 10.0. The molecule has 0 bridgehead atoms. The molecule has 0 aromatic rings. The van der Waals surface area contributed by atoms with Gasteiger partial charge in [-0.3, -0.25) is 10.1 Å². The largest absolute Gasteiger partial charge is 0.259 e. The molecule has 0 spiro atoms. The first-order valence-corrected chi connectivity index (χ1v) is 8.07. The first-order chi connectivity index (χ1) is 9.27. The molecule has 19 heavy (non-hydrogen) atoms. The van der Waals surface area contributed by atoms with Crippen molar-refractivity contribution in [3.05, 3.63) is 22.4 Å². The SMILES string of the molecule is CCCCCCCCCCCCCC/C=C/[N+](=O)[O-].